The van der Waals surface area contributed by atoms with Gasteiger partial charge in [0.05, 0.1) is 22.7 Å². The second-order valence-corrected chi connectivity index (χ2v) is 9.76. The third kappa shape index (κ3) is 3.96. The molecule has 3 heterocycles. The number of thioether (sulfide) groups is 1. The van der Waals surface area contributed by atoms with E-state index in [1.54, 1.807) is 25.1 Å². The molecule has 134 valence electrons. The van der Waals surface area contributed by atoms with E-state index < -0.39 is 27.8 Å². The third-order valence-corrected chi connectivity index (χ3v) is 7.08. The van der Waals surface area contributed by atoms with Crippen LogP contribution < -0.4 is 5.32 Å². The molecule has 0 bridgehead atoms. The summed E-state index contributed by atoms with van der Waals surface area (Å²) in [5, 5.41) is 2.69. The maximum absolute atomic E-state index is 12.6. The molecule has 0 unspecified atom stereocenters. The lowest BCUT2D eigenvalue weighted by molar-refractivity contribution is -0.132. The molecular weight excluding hydrogens is 384 g/mol. The number of rotatable bonds is 4. The molecule has 0 aromatic carbocycles. The molecule has 25 heavy (non-hydrogen) atoms. The van der Waals surface area contributed by atoms with Gasteiger partial charge in [0.1, 0.15) is 16.1 Å². The maximum Gasteiger partial charge on any atom is 0.267 e. The van der Waals surface area contributed by atoms with Crippen molar-refractivity contribution in [1.82, 2.24) is 10.2 Å². The van der Waals surface area contributed by atoms with Crippen LogP contribution in [-0.4, -0.2) is 53.0 Å². The van der Waals surface area contributed by atoms with Crippen LogP contribution in [0.2, 0.25) is 0 Å². The van der Waals surface area contributed by atoms with Gasteiger partial charge in [-0.1, -0.05) is 24.0 Å². The zero-order valence-corrected chi connectivity index (χ0v) is 15.7. The van der Waals surface area contributed by atoms with Crippen LogP contribution in [-0.2, 0) is 19.4 Å². The van der Waals surface area contributed by atoms with Gasteiger partial charge in [-0.05, 0) is 25.5 Å². The normalized spacial score (nSPS) is 25.6. The molecule has 0 saturated carbocycles. The lowest BCUT2D eigenvalue weighted by Gasteiger charge is -2.23. The SMILES string of the molecule is C[C@@H](C(=O)N[C@@H]1CCS(=O)(=O)C1)N1C(=O)/C(=C/c2ccco2)SC1=S. The summed E-state index contributed by atoms with van der Waals surface area (Å²) in [7, 11) is -3.09. The van der Waals surface area contributed by atoms with E-state index in [1.165, 1.54) is 11.2 Å². The van der Waals surface area contributed by atoms with Crippen LogP contribution in [0.5, 0.6) is 0 Å². The number of carbonyl (C=O) groups excluding carboxylic acids is 2. The van der Waals surface area contributed by atoms with Crippen LogP contribution in [0.25, 0.3) is 6.08 Å². The molecule has 2 aliphatic heterocycles. The van der Waals surface area contributed by atoms with Crippen molar-refractivity contribution < 1.29 is 22.4 Å². The van der Waals surface area contributed by atoms with Gasteiger partial charge in [-0.15, -0.1) is 0 Å². The first kappa shape index (κ1) is 18.2. The summed E-state index contributed by atoms with van der Waals surface area (Å²) in [6.45, 7) is 1.57. The van der Waals surface area contributed by atoms with Crippen molar-refractivity contribution >= 4 is 56.0 Å². The number of thiocarbonyl (C=S) groups is 1. The van der Waals surface area contributed by atoms with E-state index in [2.05, 4.69) is 5.32 Å². The minimum absolute atomic E-state index is 0.0672. The lowest BCUT2D eigenvalue weighted by Crippen LogP contribution is -2.50. The Morgan fingerprint density at radius 2 is 2.32 bits per heavy atom. The van der Waals surface area contributed by atoms with Gasteiger partial charge >= 0.3 is 0 Å². The number of furan rings is 1. The standard InChI is InChI=1S/C15H16N2O5S3/c1-9(13(18)16-10-4-6-25(20,21)8-10)17-14(19)12(24-15(17)23)7-11-3-2-5-22-11/h2-3,5,7,9-10H,4,6,8H2,1H3,(H,16,18)/b12-7-/t9-,10+/m0/s1. The highest BCUT2D eigenvalue weighted by Crippen LogP contribution is 2.34. The minimum Gasteiger partial charge on any atom is -0.465 e. The molecule has 7 nitrogen and oxygen atoms in total. The molecule has 2 atom stereocenters. The maximum atomic E-state index is 12.6. The van der Waals surface area contributed by atoms with E-state index in [9.17, 15) is 18.0 Å². The van der Waals surface area contributed by atoms with Gasteiger partial charge < -0.3 is 9.73 Å². The Bertz CT molecular complexity index is 845. The number of hydrogen-bond acceptors (Lipinski definition) is 7. The van der Waals surface area contributed by atoms with E-state index >= 15 is 0 Å². The summed E-state index contributed by atoms with van der Waals surface area (Å²) < 4.78 is 28.5. The quantitative estimate of drug-likeness (QED) is 0.599. The van der Waals surface area contributed by atoms with E-state index in [-0.39, 0.29) is 21.7 Å². The van der Waals surface area contributed by atoms with Crippen LogP contribution >= 0.6 is 24.0 Å². The highest BCUT2D eigenvalue weighted by molar-refractivity contribution is 8.26. The highest BCUT2D eigenvalue weighted by Gasteiger charge is 2.39. The third-order valence-electron chi connectivity index (χ3n) is 3.99. The van der Waals surface area contributed by atoms with Crippen molar-refractivity contribution in [2.24, 2.45) is 0 Å². The van der Waals surface area contributed by atoms with Gasteiger partial charge in [0.15, 0.2) is 9.84 Å². The molecule has 1 aromatic rings. The molecule has 10 heteroatoms. The lowest BCUT2D eigenvalue weighted by atomic mass is 10.2. The summed E-state index contributed by atoms with van der Waals surface area (Å²) >= 11 is 6.33. The number of hydrogen-bond donors (Lipinski definition) is 1. The van der Waals surface area contributed by atoms with Gasteiger partial charge in [-0.25, -0.2) is 8.42 Å². The molecular formula is C15H16N2O5S3. The Morgan fingerprint density at radius 1 is 1.56 bits per heavy atom. The molecule has 0 spiro atoms. The fraction of sp³-hybridized carbons (Fsp3) is 0.400. The van der Waals surface area contributed by atoms with E-state index in [1.807, 2.05) is 0 Å². The number of nitrogens with zero attached hydrogens (tertiary/aromatic N) is 1. The highest BCUT2D eigenvalue weighted by atomic mass is 32.2. The van der Waals surface area contributed by atoms with E-state index in [4.69, 9.17) is 16.6 Å². The largest absolute Gasteiger partial charge is 0.465 e. The topological polar surface area (TPSA) is 96.7 Å². The van der Waals surface area contributed by atoms with Crippen molar-refractivity contribution in [3.8, 4) is 0 Å². The fourth-order valence-electron chi connectivity index (χ4n) is 2.66. The van der Waals surface area contributed by atoms with Crippen LogP contribution in [0.4, 0.5) is 0 Å². The van der Waals surface area contributed by atoms with Crippen LogP contribution in [0, 0.1) is 0 Å². The van der Waals surface area contributed by atoms with Crippen LogP contribution in [0.15, 0.2) is 27.7 Å². The van der Waals surface area contributed by atoms with Gasteiger partial charge in [0.2, 0.25) is 5.91 Å². The Hall–Kier alpha value is -1.65. The Morgan fingerprint density at radius 3 is 2.92 bits per heavy atom. The first-order valence-corrected chi connectivity index (χ1v) is 10.6. The van der Waals surface area contributed by atoms with E-state index in [0.717, 1.165) is 11.8 Å². The molecule has 0 aliphatic carbocycles. The summed E-state index contributed by atoms with van der Waals surface area (Å²) in [4.78, 5) is 26.6. The first-order valence-electron chi connectivity index (χ1n) is 7.58. The average molecular weight is 401 g/mol. The molecule has 3 rings (SSSR count). The summed E-state index contributed by atoms with van der Waals surface area (Å²) in [6, 6.07) is 2.18. The Kier molecular flexibility index (Phi) is 5.03. The number of nitrogens with one attached hydrogen (secondary N) is 1. The zero-order chi connectivity index (χ0) is 18.2. The van der Waals surface area contributed by atoms with Gasteiger partial charge in [0, 0.05) is 12.1 Å². The molecule has 2 aliphatic rings. The minimum atomic E-state index is -3.09. The summed E-state index contributed by atoms with van der Waals surface area (Å²) in [5.41, 5.74) is 0. The number of amides is 2. The first-order chi connectivity index (χ1) is 11.8. The smallest absolute Gasteiger partial charge is 0.267 e. The average Bonchev–Trinajstić information content (AvgIpc) is 3.21. The number of carbonyl (C=O) groups is 2. The molecule has 1 N–H and O–H groups in total. The molecule has 2 saturated heterocycles. The molecule has 2 fully saturated rings. The summed E-state index contributed by atoms with van der Waals surface area (Å²) in [5.74, 6) is -0.263. The Labute approximate surface area is 154 Å². The second kappa shape index (κ2) is 6.93. The predicted octanol–water partition coefficient (Wildman–Crippen LogP) is 1.17. The van der Waals surface area contributed by atoms with Crippen molar-refractivity contribution in [3.63, 3.8) is 0 Å². The van der Waals surface area contributed by atoms with Gasteiger partial charge in [-0.3, -0.25) is 14.5 Å². The molecule has 2 amide bonds. The monoisotopic (exact) mass is 400 g/mol. The van der Waals surface area contributed by atoms with Crippen molar-refractivity contribution in [2.45, 2.75) is 25.4 Å². The van der Waals surface area contributed by atoms with Crippen LogP contribution in [0.1, 0.15) is 19.1 Å². The summed E-state index contributed by atoms with van der Waals surface area (Å²) in [6.07, 6.45) is 3.46. The Balaban J connectivity index is 1.69. The van der Waals surface area contributed by atoms with E-state index in [0.29, 0.717) is 17.1 Å². The van der Waals surface area contributed by atoms with Crippen molar-refractivity contribution in [2.75, 3.05) is 11.5 Å². The molecule has 1 aromatic heterocycles. The van der Waals surface area contributed by atoms with Crippen LogP contribution in [0.3, 0.4) is 0 Å². The zero-order valence-electron chi connectivity index (χ0n) is 13.3. The predicted molar refractivity (Wildman–Crippen MR) is 98.4 cm³/mol. The van der Waals surface area contributed by atoms with Crippen molar-refractivity contribution in [1.29, 1.82) is 0 Å². The fourth-order valence-corrected chi connectivity index (χ4v) is 5.74. The molecule has 0 radical (unpaired) electrons. The van der Waals surface area contributed by atoms with Gasteiger partial charge in [0.25, 0.3) is 5.91 Å². The van der Waals surface area contributed by atoms with Crippen molar-refractivity contribution in [3.05, 3.63) is 29.1 Å². The van der Waals surface area contributed by atoms with Gasteiger partial charge in [-0.2, -0.15) is 0 Å². The second-order valence-electron chi connectivity index (χ2n) is 5.85. The number of sulfone groups is 1.